The van der Waals surface area contributed by atoms with Gasteiger partial charge in [-0.15, -0.1) is 0 Å². The van der Waals surface area contributed by atoms with Crippen LogP contribution in [0.1, 0.15) is 12.5 Å². The van der Waals surface area contributed by atoms with Gasteiger partial charge in [0.1, 0.15) is 12.1 Å². The summed E-state index contributed by atoms with van der Waals surface area (Å²) < 4.78 is 4.62. The summed E-state index contributed by atoms with van der Waals surface area (Å²) in [6.07, 6.45) is 0.310. The fourth-order valence-corrected chi connectivity index (χ4v) is 1.48. The van der Waals surface area contributed by atoms with Crippen LogP contribution >= 0.6 is 0 Å². The molecule has 0 radical (unpaired) electrons. The molecule has 3 N–H and O–H groups in total. The predicted octanol–water partition coefficient (Wildman–Crippen LogP) is 0.582. The number of nitriles is 1. The second kappa shape index (κ2) is 7.13. The van der Waals surface area contributed by atoms with Crippen LogP contribution in [0.4, 0.5) is 5.69 Å². The monoisotopic (exact) mass is 261 g/mol. The lowest BCUT2D eigenvalue weighted by Gasteiger charge is -2.10. The van der Waals surface area contributed by atoms with E-state index >= 15 is 0 Å². The number of hydrogen-bond acceptors (Lipinski definition) is 5. The second-order valence-corrected chi connectivity index (χ2v) is 3.95. The van der Waals surface area contributed by atoms with Gasteiger partial charge in [-0.2, -0.15) is 5.26 Å². The third-order valence-corrected chi connectivity index (χ3v) is 2.31. The average Bonchev–Trinajstić information content (AvgIpc) is 2.37. The Bertz CT molecular complexity index is 491. The number of carbonyl (C=O) groups is 2. The maximum atomic E-state index is 11.4. The standard InChI is InChI=1S/C13H15N3O3/c1-9(17)16-11-4-2-10(3-5-11)8-12(15)13(18)19-7-6-14/h2-5,12H,7-8,15H2,1H3,(H,16,17)/t12-/m0/s1. The van der Waals surface area contributed by atoms with E-state index in [2.05, 4.69) is 10.1 Å². The fraction of sp³-hybridized carbons (Fsp3) is 0.308. The van der Waals surface area contributed by atoms with Crippen LogP contribution in [-0.2, 0) is 20.7 Å². The Morgan fingerprint density at radius 1 is 1.42 bits per heavy atom. The topological polar surface area (TPSA) is 105 Å². The van der Waals surface area contributed by atoms with E-state index in [-0.39, 0.29) is 12.5 Å². The summed E-state index contributed by atoms with van der Waals surface area (Å²) >= 11 is 0. The van der Waals surface area contributed by atoms with E-state index in [4.69, 9.17) is 11.0 Å². The highest BCUT2D eigenvalue weighted by Crippen LogP contribution is 2.11. The van der Waals surface area contributed by atoms with Crippen molar-refractivity contribution in [1.29, 1.82) is 5.26 Å². The predicted molar refractivity (Wildman–Crippen MR) is 69.0 cm³/mol. The van der Waals surface area contributed by atoms with E-state index in [1.54, 1.807) is 30.3 Å². The van der Waals surface area contributed by atoms with Gasteiger partial charge in [-0.05, 0) is 24.1 Å². The van der Waals surface area contributed by atoms with Gasteiger partial charge in [-0.3, -0.25) is 9.59 Å². The number of nitrogens with zero attached hydrogens (tertiary/aromatic N) is 1. The first-order valence-corrected chi connectivity index (χ1v) is 5.68. The summed E-state index contributed by atoms with van der Waals surface area (Å²) in [5, 5.41) is 10.9. The SMILES string of the molecule is CC(=O)Nc1ccc(C[C@H](N)C(=O)OCC#N)cc1. The van der Waals surface area contributed by atoms with Gasteiger partial charge in [0.05, 0.1) is 0 Å². The zero-order valence-electron chi connectivity index (χ0n) is 10.6. The molecule has 0 unspecified atom stereocenters. The molecule has 0 aliphatic rings. The maximum absolute atomic E-state index is 11.4. The van der Waals surface area contributed by atoms with Crippen LogP contribution in [0.2, 0.25) is 0 Å². The molecule has 0 aromatic heterocycles. The van der Waals surface area contributed by atoms with Crippen molar-refractivity contribution in [3.63, 3.8) is 0 Å². The number of nitrogens with one attached hydrogen (secondary N) is 1. The Labute approximate surface area is 111 Å². The molecule has 6 nitrogen and oxygen atoms in total. The molecule has 0 aliphatic carbocycles. The van der Waals surface area contributed by atoms with Crippen LogP contribution in [0.15, 0.2) is 24.3 Å². The minimum atomic E-state index is -0.806. The quantitative estimate of drug-likeness (QED) is 0.754. The van der Waals surface area contributed by atoms with E-state index in [0.717, 1.165) is 5.56 Å². The molecular formula is C13H15N3O3. The molecule has 0 saturated heterocycles. The molecule has 0 heterocycles. The minimum absolute atomic E-state index is 0.149. The lowest BCUT2D eigenvalue weighted by atomic mass is 10.1. The number of ether oxygens (including phenoxy) is 1. The molecule has 6 heteroatoms. The molecule has 19 heavy (non-hydrogen) atoms. The minimum Gasteiger partial charge on any atom is -0.449 e. The van der Waals surface area contributed by atoms with Gasteiger partial charge in [0, 0.05) is 12.6 Å². The molecular weight excluding hydrogens is 246 g/mol. The lowest BCUT2D eigenvalue weighted by Crippen LogP contribution is -2.34. The Kier molecular flexibility index (Phi) is 5.51. The number of hydrogen-bond donors (Lipinski definition) is 2. The number of rotatable bonds is 5. The van der Waals surface area contributed by atoms with E-state index in [0.29, 0.717) is 12.1 Å². The first-order chi connectivity index (χ1) is 9.02. The summed E-state index contributed by atoms with van der Waals surface area (Å²) in [6.45, 7) is 1.13. The average molecular weight is 261 g/mol. The molecule has 1 aromatic rings. The number of esters is 1. The van der Waals surface area contributed by atoms with Gasteiger partial charge < -0.3 is 15.8 Å². The Morgan fingerprint density at radius 3 is 2.58 bits per heavy atom. The van der Waals surface area contributed by atoms with Gasteiger partial charge in [0.25, 0.3) is 0 Å². The Morgan fingerprint density at radius 2 is 2.05 bits per heavy atom. The van der Waals surface area contributed by atoms with E-state index in [1.807, 2.05) is 0 Å². The van der Waals surface area contributed by atoms with Crippen molar-refractivity contribution in [2.24, 2.45) is 5.73 Å². The van der Waals surface area contributed by atoms with Crippen molar-refractivity contribution in [3.8, 4) is 6.07 Å². The summed E-state index contributed by atoms with van der Waals surface area (Å²) in [7, 11) is 0. The largest absolute Gasteiger partial charge is 0.449 e. The lowest BCUT2D eigenvalue weighted by molar-refractivity contribution is -0.143. The Hall–Kier alpha value is -2.39. The van der Waals surface area contributed by atoms with Gasteiger partial charge >= 0.3 is 5.97 Å². The van der Waals surface area contributed by atoms with Crippen molar-refractivity contribution in [3.05, 3.63) is 29.8 Å². The molecule has 1 amide bonds. The maximum Gasteiger partial charge on any atom is 0.324 e. The summed E-state index contributed by atoms with van der Waals surface area (Å²) in [6, 6.07) is 7.88. The first kappa shape index (κ1) is 14.7. The number of anilines is 1. The number of nitrogens with two attached hydrogens (primary N) is 1. The second-order valence-electron chi connectivity index (χ2n) is 3.95. The van der Waals surface area contributed by atoms with Crippen LogP contribution in [-0.4, -0.2) is 24.5 Å². The van der Waals surface area contributed by atoms with Gasteiger partial charge in [0.2, 0.25) is 5.91 Å². The van der Waals surface area contributed by atoms with Crippen LogP contribution in [0.3, 0.4) is 0 Å². The summed E-state index contributed by atoms with van der Waals surface area (Å²) in [4.78, 5) is 22.2. The molecule has 0 aliphatic heterocycles. The van der Waals surface area contributed by atoms with Gasteiger partial charge in [0.15, 0.2) is 6.61 Å². The van der Waals surface area contributed by atoms with E-state index in [9.17, 15) is 9.59 Å². The summed E-state index contributed by atoms with van der Waals surface area (Å²) in [5.41, 5.74) is 7.18. The zero-order valence-corrected chi connectivity index (χ0v) is 10.6. The number of amides is 1. The van der Waals surface area contributed by atoms with E-state index < -0.39 is 12.0 Å². The normalized spacial score (nSPS) is 11.2. The highest BCUT2D eigenvalue weighted by Gasteiger charge is 2.15. The van der Waals surface area contributed by atoms with Crippen molar-refractivity contribution < 1.29 is 14.3 Å². The highest BCUT2D eigenvalue weighted by molar-refractivity contribution is 5.88. The highest BCUT2D eigenvalue weighted by atomic mass is 16.5. The van der Waals surface area contributed by atoms with E-state index in [1.165, 1.54) is 6.92 Å². The molecule has 1 rings (SSSR count). The van der Waals surface area contributed by atoms with Crippen molar-refractivity contribution in [2.45, 2.75) is 19.4 Å². The molecule has 100 valence electrons. The molecule has 0 spiro atoms. The number of benzene rings is 1. The molecule has 0 fully saturated rings. The summed E-state index contributed by atoms with van der Waals surface area (Å²) in [5.74, 6) is -0.753. The molecule has 1 atom stereocenters. The molecule has 1 aromatic carbocycles. The molecule has 0 bridgehead atoms. The fourth-order valence-electron chi connectivity index (χ4n) is 1.48. The van der Waals surface area contributed by atoms with Crippen molar-refractivity contribution >= 4 is 17.6 Å². The van der Waals surface area contributed by atoms with Gasteiger partial charge in [-0.25, -0.2) is 0 Å². The zero-order chi connectivity index (χ0) is 14.3. The third-order valence-electron chi connectivity index (χ3n) is 2.31. The van der Waals surface area contributed by atoms with Crippen LogP contribution < -0.4 is 11.1 Å². The van der Waals surface area contributed by atoms with Gasteiger partial charge in [-0.1, -0.05) is 12.1 Å². The van der Waals surface area contributed by atoms with Crippen molar-refractivity contribution in [2.75, 3.05) is 11.9 Å². The van der Waals surface area contributed by atoms with Crippen LogP contribution in [0.5, 0.6) is 0 Å². The third kappa shape index (κ3) is 5.19. The number of carbonyl (C=O) groups excluding carboxylic acids is 2. The smallest absolute Gasteiger partial charge is 0.324 e. The van der Waals surface area contributed by atoms with Crippen molar-refractivity contribution in [1.82, 2.24) is 0 Å². The van der Waals surface area contributed by atoms with Crippen LogP contribution in [0, 0.1) is 11.3 Å². The first-order valence-electron chi connectivity index (χ1n) is 5.68. The molecule has 0 saturated carbocycles. The van der Waals surface area contributed by atoms with Crippen LogP contribution in [0.25, 0.3) is 0 Å². The Balaban J connectivity index is 2.55.